The summed E-state index contributed by atoms with van der Waals surface area (Å²) in [7, 11) is 1.86. The molecule has 2 heterocycles. The molecule has 1 N–H and O–H groups in total. The molecule has 1 aliphatic carbocycles. The number of aromatic nitrogens is 4. The van der Waals surface area contributed by atoms with Gasteiger partial charge in [-0.3, -0.25) is 4.68 Å². The lowest BCUT2D eigenvalue weighted by atomic mass is 10.1. The molecule has 106 valence electrons. The number of carboxylic acid groups (broad SMARTS) is 1. The average Bonchev–Trinajstić information content (AvgIpc) is 2.79. The Morgan fingerprint density at radius 1 is 1.25 bits per heavy atom. The van der Waals surface area contributed by atoms with E-state index in [1.807, 2.05) is 20.2 Å². The molecule has 0 aliphatic heterocycles. The molecule has 0 spiro atoms. The first-order valence-corrected chi connectivity index (χ1v) is 6.92. The van der Waals surface area contributed by atoms with Crippen molar-refractivity contribution in [3.05, 3.63) is 28.8 Å². The Bertz CT molecular complexity index is 669. The predicted molar refractivity (Wildman–Crippen MR) is 73.3 cm³/mol. The van der Waals surface area contributed by atoms with E-state index in [9.17, 15) is 9.90 Å². The van der Waals surface area contributed by atoms with Gasteiger partial charge in [-0.05, 0) is 32.6 Å². The Hall–Kier alpha value is -2.11. The minimum absolute atomic E-state index is 0.199. The molecular formula is C14H18N4O2. The molecule has 0 amide bonds. The highest BCUT2D eigenvalue weighted by Crippen LogP contribution is 2.27. The predicted octanol–water partition coefficient (Wildman–Crippen LogP) is 1.88. The van der Waals surface area contributed by atoms with Gasteiger partial charge < -0.3 is 5.11 Å². The van der Waals surface area contributed by atoms with Crippen molar-refractivity contribution in [2.24, 2.45) is 7.05 Å². The second kappa shape index (κ2) is 4.77. The van der Waals surface area contributed by atoms with Crippen LogP contribution in [0.4, 0.5) is 0 Å². The van der Waals surface area contributed by atoms with Crippen molar-refractivity contribution >= 4 is 5.97 Å². The number of hydrogen-bond donors (Lipinski definition) is 1. The summed E-state index contributed by atoms with van der Waals surface area (Å²) in [5, 5.41) is 18.0. The van der Waals surface area contributed by atoms with Crippen LogP contribution in [-0.2, 0) is 19.9 Å². The van der Waals surface area contributed by atoms with Crippen molar-refractivity contribution < 1.29 is 9.90 Å². The average molecular weight is 274 g/mol. The van der Waals surface area contributed by atoms with Crippen LogP contribution >= 0.6 is 0 Å². The van der Waals surface area contributed by atoms with Crippen molar-refractivity contribution in [2.45, 2.75) is 39.0 Å². The summed E-state index contributed by atoms with van der Waals surface area (Å²) in [6, 6.07) is 0. The maximum atomic E-state index is 11.4. The Morgan fingerprint density at radius 3 is 2.65 bits per heavy atom. The molecule has 0 bridgehead atoms. The maximum absolute atomic E-state index is 11.4. The summed E-state index contributed by atoms with van der Waals surface area (Å²) < 4.78 is 3.52. The molecule has 20 heavy (non-hydrogen) atoms. The highest BCUT2D eigenvalue weighted by molar-refractivity contribution is 5.87. The first kappa shape index (κ1) is 12.9. The van der Waals surface area contributed by atoms with Crippen LogP contribution in [0.2, 0.25) is 0 Å². The van der Waals surface area contributed by atoms with E-state index < -0.39 is 5.97 Å². The van der Waals surface area contributed by atoms with Crippen LogP contribution in [0.3, 0.4) is 0 Å². The standard InChI is InChI=1S/C14H18N4O2/c1-9-12(8-17(2)15-9)18-11-7-5-3-4-6-10(11)13(16-18)14(19)20/h8H,3-7H2,1-2H3,(H,19,20). The summed E-state index contributed by atoms with van der Waals surface area (Å²) in [5.74, 6) is -0.941. The summed E-state index contributed by atoms with van der Waals surface area (Å²) in [5.41, 5.74) is 3.87. The molecule has 2 aromatic heterocycles. The van der Waals surface area contributed by atoms with Gasteiger partial charge in [0.2, 0.25) is 0 Å². The lowest BCUT2D eigenvalue weighted by Crippen LogP contribution is -2.04. The van der Waals surface area contributed by atoms with Gasteiger partial charge in [0.1, 0.15) is 5.69 Å². The number of nitrogens with zero attached hydrogens (tertiary/aromatic N) is 4. The van der Waals surface area contributed by atoms with Gasteiger partial charge in [0.05, 0.1) is 11.9 Å². The number of carbonyl (C=O) groups is 1. The molecule has 1 aliphatic rings. The van der Waals surface area contributed by atoms with Crippen LogP contribution in [-0.4, -0.2) is 30.6 Å². The van der Waals surface area contributed by atoms with Crippen LogP contribution in [0, 0.1) is 6.92 Å². The molecule has 3 rings (SSSR count). The molecular weight excluding hydrogens is 256 g/mol. The fourth-order valence-electron chi connectivity index (χ4n) is 2.94. The number of rotatable bonds is 2. The first-order valence-electron chi connectivity index (χ1n) is 6.92. The van der Waals surface area contributed by atoms with Crippen molar-refractivity contribution in [2.75, 3.05) is 0 Å². The number of aryl methyl sites for hydroxylation is 2. The third kappa shape index (κ3) is 2.01. The minimum Gasteiger partial charge on any atom is -0.476 e. The normalized spacial score (nSPS) is 14.9. The first-order chi connectivity index (χ1) is 9.58. The maximum Gasteiger partial charge on any atom is 0.356 e. The van der Waals surface area contributed by atoms with E-state index in [0.29, 0.717) is 0 Å². The number of aromatic carboxylic acids is 1. The molecule has 0 radical (unpaired) electrons. The third-order valence-electron chi connectivity index (χ3n) is 3.85. The monoisotopic (exact) mass is 274 g/mol. The quantitative estimate of drug-likeness (QED) is 0.849. The van der Waals surface area contributed by atoms with Crippen LogP contribution in [0.15, 0.2) is 6.20 Å². The molecule has 0 atom stereocenters. The highest BCUT2D eigenvalue weighted by atomic mass is 16.4. The van der Waals surface area contributed by atoms with Crippen LogP contribution in [0.25, 0.3) is 5.69 Å². The zero-order chi connectivity index (χ0) is 14.3. The van der Waals surface area contributed by atoms with Crippen LogP contribution in [0.5, 0.6) is 0 Å². The Kier molecular flexibility index (Phi) is 3.08. The SMILES string of the molecule is Cc1nn(C)cc1-n1nc(C(=O)O)c2c1CCCCC2. The molecule has 6 heteroatoms. The number of carboxylic acids is 1. The minimum atomic E-state index is -0.941. The van der Waals surface area contributed by atoms with Gasteiger partial charge in [0.15, 0.2) is 5.69 Å². The molecule has 0 saturated carbocycles. The number of hydrogen-bond acceptors (Lipinski definition) is 3. The van der Waals surface area contributed by atoms with Crippen molar-refractivity contribution in [3.63, 3.8) is 0 Å². The van der Waals surface area contributed by atoms with Crippen molar-refractivity contribution in [3.8, 4) is 5.69 Å². The van der Waals surface area contributed by atoms with Gasteiger partial charge in [-0.1, -0.05) is 6.42 Å². The van der Waals surface area contributed by atoms with Gasteiger partial charge in [0.25, 0.3) is 0 Å². The van der Waals surface area contributed by atoms with Crippen molar-refractivity contribution in [1.82, 2.24) is 19.6 Å². The summed E-state index contributed by atoms with van der Waals surface area (Å²) in [6.07, 6.45) is 6.82. The summed E-state index contributed by atoms with van der Waals surface area (Å²) >= 11 is 0. The zero-order valence-electron chi connectivity index (χ0n) is 11.8. The van der Waals surface area contributed by atoms with E-state index >= 15 is 0 Å². The van der Waals surface area contributed by atoms with E-state index in [2.05, 4.69) is 10.2 Å². The molecule has 0 fully saturated rings. The Labute approximate surface area is 117 Å². The van der Waals surface area contributed by atoms with E-state index in [0.717, 1.165) is 54.7 Å². The molecule has 2 aromatic rings. The van der Waals surface area contributed by atoms with Crippen LogP contribution < -0.4 is 0 Å². The third-order valence-corrected chi connectivity index (χ3v) is 3.85. The Balaban J connectivity index is 2.20. The topological polar surface area (TPSA) is 72.9 Å². The van der Waals surface area contributed by atoms with Gasteiger partial charge in [0, 0.05) is 18.3 Å². The molecule has 0 aromatic carbocycles. The second-order valence-electron chi connectivity index (χ2n) is 5.32. The van der Waals surface area contributed by atoms with Gasteiger partial charge in [-0.2, -0.15) is 10.2 Å². The summed E-state index contributed by atoms with van der Waals surface area (Å²) in [6.45, 7) is 1.92. The molecule has 6 nitrogen and oxygen atoms in total. The highest BCUT2D eigenvalue weighted by Gasteiger charge is 2.25. The van der Waals surface area contributed by atoms with Gasteiger partial charge in [-0.25, -0.2) is 9.48 Å². The van der Waals surface area contributed by atoms with Crippen LogP contribution in [0.1, 0.15) is 46.7 Å². The Morgan fingerprint density at radius 2 is 2.00 bits per heavy atom. The largest absolute Gasteiger partial charge is 0.476 e. The van der Waals surface area contributed by atoms with E-state index in [1.54, 1.807) is 9.36 Å². The van der Waals surface area contributed by atoms with E-state index in [-0.39, 0.29) is 5.69 Å². The molecule has 0 unspecified atom stereocenters. The zero-order valence-corrected chi connectivity index (χ0v) is 11.8. The summed E-state index contributed by atoms with van der Waals surface area (Å²) in [4.78, 5) is 11.4. The van der Waals surface area contributed by atoms with Gasteiger partial charge >= 0.3 is 5.97 Å². The van der Waals surface area contributed by atoms with E-state index in [4.69, 9.17) is 0 Å². The van der Waals surface area contributed by atoms with Crippen molar-refractivity contribution in [1.29, 1.82) is 0 Å². The van der Waals surface area contributed by atoms with Gasteiger partial charge in [-0.15, -0.1) is 0 Å². The lowest BCUT2D eigenvalue weighted by molar-refractivity contribution is 0.0688. The fraction of sp³-hybridized carbons (Fsp3) is 0.500. The second-order valence-corrected chi connectivity index (χ2v) is 5.32. The lowest BCUT2D eigenvalue weighted by Gasteiger charge is -2.05. The fourth-order valence-corrected chi connectivity index (χ4v) is 2.94. The smallest absolute Gasteiger partial charge is 0.356 e. The molecule has 0 saturated heterocycles. The van der Waals surface area contributed by atoms with E-state index in [1.165, 1.54) is 0 Å². The number of fused-ring (bicyclic) bond motifs is 1.